The Morgan fingerprint density at radius 2 is 2.00 bits per heavy atom. The summed E-state index contributed by atoms with van der Waals surface area (Å²) in [4.78, 5) is 0. The van der Waals surface area contributed by atoms with Crippen LogP contribution in [0.1, 0.15) is 11.7 Å². The predicted molar refractivity (Wildman–Crippen MR) is 51.6 cm³/mol. The molecule has 0 saturated carbocycles. The van der Waals surface area contributed by atoms with E-state index >= 15 is 0 Å². The third kappa shape index (κ3) is 2.01. The van der Waals surface area contributed by atoms with Gasteiger partial charge in [0.2, 0.25) is 0 Å². The molecule has 1 atom stereocenters. The molecule has 0 spiro atoms. The van der Waals surface area contributed by atoms with Gasteiger partial charge >= 0.3 is 0 Å². The molecule has 1 unspecified atom stereocenters. The smallest absolute Gasteiger partial charge is 0.146 e. The van der Waals surface area contributed by atoms with Crippen LogP contribution >= 0.6 is 0 Å². The van der Waals surface area contributed by atoms with E-state index in [1.54, 1.807) is 14.2 Å². The van der Waals surface area contributed by atoms with E-state index in [0.717, 1.165) is 11.3 Å². The van der Waals surface area contributed by atoms with E-state index in [-0.39, 0.29) is 6.10 Å². The normalized spacial score (nSPS) is 11.8. The number of hydrogen-bond acceptors (Lipinski definition) is 2. The molecule has 68 valence electrons. The standard InChI is InChI=1S/C11H12O2/c1-4-10(12-2)9-7-5-6-8-11(9)13-3/h1,5-8,10H,2-3H3. The van der Waals surface area contributed by atoms with Crippen molar-refractivity contribution in [1.29, 1.82) is 0 Å². The summed E-state index contributed by atoms with van der Waals surface area (Å²) in [5.41, 5.74) is 0.884. The Balaban J connectivity index is 3.05. The molecule has 1 aromatic carbocycles. The Morgan fingerprint density at radius 3 is 2.54 bits per heavy atom. The van der Waals surface area contributed by atoms with Crippen molar-refractivity contribution in [2.24, 2.45) is 0 Å². The number of methoxy groups -OCH3 is 2. The zero-order valence-electron chi connectivity index (χ0n) is 7.78. The van der Waals surface area contributed by atoms with Crippen molar-refractivity contribution in [2.75, 3.05) is 14.2 Å². The third-order valence-electron chi connectivity index (χ3n) is 1.81. The molecule has 0 radical (unpaired) electrons. The van der Waals surface area contributed by atoms with Crippen LogP contribution in [0.5, 0.6) is 5.75 Å². The van der Waals surface area contributed by atoms with Crippen molar-refractivity contribution >= 4 is 0 Å². The Hall–Kier alpha value is -1.46. The van der Waals surface area contributed by atoms with Gasteiger partial charge in [0.15, 0.2) is 0 Å². The van der Waals surface area contributed by atoms with Gasteiger partial charge in [0.05, 0.1) is 7.11 Å². The highest BCUT2D eigenvalue weighted by atomic mass is 16.5. The summed E-state index contributed by atoms with van der Waals surface area (Å²) in [6, 6.07) is 7.55. The van der Waals surface area contributed by atoms with E-state index in [2.05, 4.69) is 5.92 Å². The van der Waals surface area contributed by atoms with E-state index in [9.17, 15) is 0 Å². The fraction of sp³-hybridized carbons (Fsp3) is 0.273. The number of para-hydroxylation sites is 1. The fourth-order valence-corrected chi connectivity index (χ4v) is 1.17. The molecule has 0 fully saturated rings. The lowest BCUT2D eigenvalue weighted by atomic mass is 10.1. The first kappa shape index (κ1) is 9.63. The van der Waals surface area contributed by atoms with E-state index < -0.39 is 0 Å². The van der Waals surface area contributed by atoms with Crippen LogP contribution in [-0.4, -0.2) is 14.2 Å². The topological polar surface area (TPSA) is 18.5 Å². The molecular weight excluding hydrogens is 164 g/mol. The second-order valence-electron chi connectivity index (χ2n) is 2.52. The maximum absolute atomic E-state index is 5.31. The molecular formula is C11H12O2. The van der Waals surface area contributed by atoms with E-state index in [4.69, 9.17) is 15.9 Å². The molecule has 0 N–H and O–H groups in total. The summed E-state index contributed by atoms with van der Waals surface area (Å²) in [7, 11) is 3.19. The molecule has 0 aromatic heterocycles. The number of benzene rings is 1. The molecule has 1 aromatic rings. The van der Waals surface area contributed by atoms with E-state index in [0.29, 0.717) is 0 Å². The van der Waals surface area contributed by atoms with Crippen molar-refractivity contribution in [2.45, 2.75) is 6.10 Å². The Morgan fingerprint density at radius 1 is 1.31 bits per heavy atom. The van der Waals surface area contributed by atoms with E-state index in [1.165, 1.54) is 0 Å². The van der Waals surface area contributed by atoms with Crippen LogP contribution in [0.3, 0.4) is 0 Å². The molecule has 1 rings (SSSR count). The van der Waals surface area contributed by atoms with Gasteiger partial charge in [-0.05, 0) is 6.07 Å². The van der Waals surface area contributed by atoms with Gasteiger partial charge in [0.25, 0.3) is 0 Å². The Kier molecular flexibility index (Phi) is 3.36. The summed E-state index contributed by atoms with van der Waals surface area (Å²) >= 11 is 0. The fourth-order valence-electron chi connectivity index (χ4n) is 1.17. The molecule has 0 saturated heterocycles. The van der Waals surface area contributed by atoms with Crippen LogP contribution in [0.25, 0.3) is 0 Å². The number of ether oxygens (including phenoxy) is 2. The van der Waals surface area contributed by atoms with Gasteiger partial charge in [0.1, 0.15) is 11.9 Å². The summed E-state index contributed by atoms with van der Waals surface area (Å²) in [6.45, 7) is 0. The number of hydrogen-bond donors (Lipinski definition) is 0. The van der Waals surface area contributed by atoms with Gasteiger partial charge in [0, 0.05) is 12.7 Å². The average Bonchev–Trinajstić information content (AvgIpc) is 2.20. The lowest BCUT2D eigenvalue weighted by Crippen LogP contribution is -2.00. The first-order chi connectivity index (χ1) is 6.33. The molecule has 2 heteroatoms. The highest BCUT2D eigenvalue weighted by Crippen LogP contribution is 2.25. The molecule has 2 nitrogen and oxygen atoms in total. The molecule has 0 heterocycles. The predicted octanol–water partition coefficient (Wildman–Crippen LogP) is 2.02. The minimum Gasteiger partial charge on any atom is -0.496 e. The second-order valence-corrected chi connectivity index (χ2v) is 2.52. The minimum atomic E-state index is -0.337. The van der Waals surface area contributed by atoms with Gasteiger partial charge in [-0.3, -0.25) is 0 Å². The van der Waals surface area contributed by atoms with Crippen molar-refractivity contribution in [3.05, 3.63) is 29.8 Å². The van der Waals surface area contributed by atoms with Crippen LogP contribution in [-0.2, 0) is 4.74 Å². The molecule has 0 aliphatic heterocycles. The van der Waals surface area contributed by atoms with Crippen molar-refractivity contribution < 1.29 is 9.47 Å². The summed E-state index contributed by atoms with van der Waals surface area (Å²) in [5, 5.41) is 0. The highest BCUT2D eigenvalue weighted by molar-refractivity contribution is 5.38. The van der Waals surface area contributed by atoms with Gasteiger partial charge in [-0.2, -0.15) is 0 Å². The third-order valence-corrected chi connectivity index (χ3v) is 1.81. The monoisotopic (exact) mass is 176 g/mol. The largest absolute Gasteiger partial charge is 0.496 e. The number of terminal acetylenes is 1. The first-order valence-electron chi connectivity index (χ1n) is 3.95. The van der Waals surface area contributed by atoms with Crippen LogP contribution < -0.4 is 4.74 Å². The molecule has 13 heavy (non-hydrogen) atoms. The van der Waals surface area contributed by atoms with Crippen LogP contribution in [0, 0.1) is 12.3 Å². The SMILES string of the molecule is C#CC(OC)c1ccccc1OC. The molecule has 0 bridgehead atoms. The van der Waals surface area contributed by atoms with Gasteiger partial charge < -0.3 is 9.47 Å². The summed E-state index contributed by atoms with van der Waals surface area (Å²) < 4.78 is 10.3. The highest BCUT2D eigenvalue weighted by Gasteiger charge is 2.11. The second kappa shape index (κ2) is 4.54. The van der Waals surface area contributed by atoms with Gasteiger partial charge in [-0.25, -0.2) is 0 Å². The van der Waals surface area contributed by atoms with Crippen LogP contribution in [0.4, 0.5) is 0 Å². The first-order valence-corrected chi connectivity index (χ1v) is 3.95. The van der Waals surface area contributed by atoms with Crippen molar-refractivity contribution in [3.63, 3.8) is 0 Å². The lowest BCUT2D eigenvalue weighted by Gasteiger charge is -2.12. The van der Waals surface area contributed by atoms with Gasteiger partial charge in [-0.15, -0.1) is 6.42 Å². The Labute approximate surface area is 78.5 Å². The summed E-state index contributed by atoms with van der Waals surface area (Å²) in [6.07, 6.45) is 4.97. The molecule has 0 aliphatic carbocycles. The van der Waals surface area contributed by atoms with Crippen molar-refractivity contribution in [3.8, 4) is 18.1 Å². The zero-order chi connectivity index (χ0) is 9.68. The van der Waals surface area contributed by atoms with E-state index in [1.807, 2.05) is 24.3 Å². The zero-order valence-corrected chi connectivity index (χ0v) is 7.78. The molecule has 0 aliphatic rings. The quantitative estimate of drug-likeness (QED) is 0.656. The van der Waals surface area contributed by atoms with Crippen molar-refractivity contribution in [1.82, 2.24) is 0 Å². The van der Waals surface area contributed by atoms with Gasteiger partial charge in [-0.1, -0.05) is 24.1 Å². The lowest BCUT2D eigenvalue weighted by molar-refractivity contribution is 0.147. The maximum Gasteiger partial charge on any atom is 0.146 e. The summed E-state index contributed by atoms with van der Waals surface area (Å²) in [5.74, 6) is 3.30. The Bertz CT molecular complexity index is 312. The number of rotatable bonds is 3. The van der Waals surface area contributed by atoms with Crippen LogP contribution in [0.2, 0.25) is 0 Å². The maximum atomic E-state index is 5.31. The minimum absolute atomic E-state index is 0.337. The van der Waals surface area contributed by atoms with Crippen LogP contribution in [0.15, 0.2) is 24.3 Å². The molecule has 0 amide bonds. The average molecular weight is 176 g/mol.